The van der Waals surface area contributed by atoms with Crippen LogP contribution in [0.3, 0.4) is 0 Å². The van der Waals surface area contributed by atoms with Crippen molar-refractivity contribution >= 4 is 43.0 Å². The summed E-state index contributed by atoms with van der Waals surface area (Å²) in [5, 5.41) is 2.73. The maximum Gasteiger partial charge on any atom is 0.261 e. The van der Waals surface area contributed by atoms with Crippen LogP contribution in [0.2, 0.25) is 0 Å². The minimum atomic E-state index is -3.81. The Kier molecular flexibility index (Phi) is 8.08. The maximum absolute atomic E-state index is 12.8. The number of carbonyl (C=O) groups is 1. The lowest BCUT2D eigenvalue weighted by Gasteiger charge is -2.22. The number of nitrogens with one attached hydrogen (secondary N) is 2. The van der Waals surface area contributed by atoms with Crippen LogP contribution in [0, 0.1) is 13.8 Å². The summed E-state index contributed by atoms with van der Waals surface area (Å²) < 4.78 is 54.4. The third-order valence-corrected chi connectivity index (χ3v) is 8.56. The van der Waals surface area contributed by atoms with E-state index >= 15 is 0 Å². The molecule has 0 saturated carbocycles. The number of hydrogen-bond donors (Lipinski definition) is 2. The van der Waals surface area contributed by atoms with Gasteiger partial charge in [-0.25, -0.2) is 16.8 Å². The fourth-order valence-electron chi connectivity index (χ4n) is 3.98. The molecule has 4 aromatic carbocycles. The Balaban J connectivity index is 1.45. The Morgan fingerprint density at radius 1 is 0.795 bits per heavy atom. The van der Waals surface area contributed by atoms with Crippen molar-refractivity contribution in [3.63, 3.8) is 0 Å². The quantitative estimate of drug-likeness (QED) is 0.286. The van der Waals surface area contributed by atoms with E-state index in [0.29, 0.717) is 22.6 Å². The molecule has 2 N–H and O–H groups in total. The van der Waals surface area contributed by atoms with Gasteiger partial charge < -0.3 is 5.32 Å². The van der Waals surface area contributed by atoms with E-state index in [1.165, 1.54) is 28.6 Å². The highest BCUT2D eigenvalue weighted by atomic mass is 32.2. The summed E-state index contributed by atoms with van der Waals surface area (Å²) in [5.41, 5.74) is 4.35. The highest BCUT2D eigenvalue weighted by molar-refractivity contribution is 7.92. The molecular formula is C29H29N3O5S2. The highest BCUT2D eigenvalue weighted by Crippen LogP contribution is 2.24. The van der Waals surface area contributed by atoms with Gasteiger partial charge in [-0.05, 0) is 79.6 Å². The Bertz CT molecular complexity index is 1690. The van der Waals surface area contributed by atoms with Crippen LogP contribution in [0.5, 0.6) is 0 Å². The first-order valence-electron chi connectivity index (χ1n) is 12.1. The van der Waals surface area contributed by atoms with E-state index in [0.717, 1.165) is 22.9 Å². The van der Waals surface area contributed by atoms with Gasteiger partial charge in [-0.1, -0.05) is 48.0 Å². The topological polar surface area (TPSA) is 113 Å². The Morgan fingerprint density at radius 3 is 2.03 bits per heavy atom. The summed E-state index contributed by atoms with van der Waals surface area (Å²) >= 11 is 0. The minimum absolute atomic E-state index is 0.0594. The molecule has 202 valence electrons. The van der Waals surface area contributed by atoms with Crippen LogP contribution in [0.1, 0.15) is 27.0 Å². The van der Waals surface area contributed by atoms with Gasteiger partial charge in [-0.3, -0.25) is 13.8 Å². The van der Waals surface area contributed by atoms with E-state index in [1.54, 1.807) is 30.3 Å². The second-order valence-corrected chi connectivity index (χ2v) is 12.8. The van der Waals surface area contributed by atoms with E-state index < -0.39 is 26.0 Å². The van der Waals surface area contributed by atoms with Crippen molar-refractivity contribution in [2.24, 2.45) is 0 Å². The molecule has 8 nitrogen and oxygen atoms in total. The van der Waals surface area contributed by atoms with Crippen LogP contribution >= 0.6 is 0 Å². The molecule has 4 aromatic rings. The second-order valence-electron chi connectivity index (χ2n) is 9.20. The molecule has 0 bridgehead atoms. The first-order valence-corrected chi connectivity index (χ1v) is 15.4. The molecular weight excluding hydrogens is 534 g/mol. The van der Waals surface area contributed by atoms with Crippen molar-refractivity contribution in [1.82, 2.24) is 0 Å². The molecule has 10 heteroatoms. The van der Waals surface area contributed by atoms with Gasteiger partial charge in [-0.15, -0.1) is 0 Å². The van der Waals surface area contributed by atoms with Gasteiger partial charge in [0.2, 0.25) is 10.0 Å². The number of aryl methyl sites for hydroxylation is 2. The minimum Gasteiger partial charge on any atom is -0.322 e. The summed E-state index contributed by atoms with van der Waals surface area (Å²) in [4.78, 5) is 12.9. The van der Waals surface area contributed by atoms with E-state index in [1.807, 2.05) is 56.3 Å². The predicted molar refractivity (Wildman–Crippen MR) is 155 cm³/mol. The maximum atomic E-state index is 12.8. The molecule has 0 aliphatic rings. The van der Waals surface area contributed by atoms with Crippen LogP contribution in [-0.4, -0.2) is 29.0 Å². The van der Waals surface area contributed by atoms with Crippen LogP contribution in [0.4, 0.5) is 17.1 Å². The smallest absolute Gasteiger partial charge is 0.261 e. The number of sulfonamides is 2. The number of rotatable bonds is 9. The summed E-state index contributed by atoms with van der Waals surface area (Å²) in [6, 6.07) is 26.8. The van der Waals surface area contributed by atoms with E-state index in [2.05, 4.69) is 10.0 Å². The van der Waals surface area contributed by atoms with Gasteiger partial charge in [0, 0.05) is 11.3 Å². The lowest BCUT2D eigenvalue weighted by Crippen LogP contribution is -2.29. The molecule has 39 heavy (non-hydrogen) atoms. The van der Waals surface area contributed by atoms with E-state index in [4.69, 9.17) is 0 Å². The molecule has 1 amide bonds. The highest BCUT2D eigenvalue weighted by Gasteiger charge is 2.19. The van der Waals surface area contributed by atoms with Crippen LogP contribution in [0.15, 0.2) is 102 Å². The average molecular weight is 564 g/mol. The van der Waals surface area contributed by atoms with Crippen molar-refractivity contribution in [2.45, 2.75) is 25.3 Å². The molecule has 0 heterocycles. The van der Waals surface area contributed by atoms with Gasteiger partial charge in [0.15, 0.2) is 0 Å². The van der Waals surface area contributed by atoms with Gasteiger partial charge in [0.25, 0.3) is 15.9 Å². The molecule has 0 spiro atoms. The van der Waals surface area contributed by atoms with Crippen molar-refractivity contribution in [2.75, 3.05) is 20.6 Å². The summed E-state index contributed by atoms with van der Waals surface area (Å²) in [5.74, 6) is -0.417. The number of anilines is 3. The summed E-state index contributed by atoms with van der Waals surface area (Å²) in [6.45, 7) is 3.93. The molecule has 0 radical (unpaired) electrons. The number of amides is 1. The zero-order chi connectivity index (χ0) is 28.2. The monoisotopic (exact) mass is 563 g/mol. The number of nitrogens with zero attached hydrogens (tertiary/aromatic N) is 1. The molecule has 0 aromatic heterocycles. The van der Waals surface area contributed by atoms with Gasteiger partial charge in [0.1, 0.15) is 0 Å². The molecule has 0 fully saturated rings. The second kappa shape index (κ2) is 11.3. The van der Waals surface area contributed by atoms with Crippen molar-refractivity contribution in [3.8, 4) is 0 Å². The molecule has 0 aliphatic carbocycles. The average Bonchev–Trinajstić information content (AvgIpc) is 2.89. The molecule has 0 unspecified atom stereocenters. The largest absolute Gasteiger partial charge is 0.322 e. The predicted octanol–water partition coefficient (Wildman–Crippen LogP) is 5.32. The fourth-order valence-corrected chi connectivity index (χ4v) is 6.00. The summed E-state index contributed by atoms with van der Waals surface area (Å²) in [7, 11) is -7.37. The normalized spacial score (nSPS) is 11.6. The number of hydrogen-bond acceptors (Lipinski definition) is 5. The SMILES string of the molecule is Cc1ccc(NS(=O)(=O)c2ccc(NC(=O)c3ccc(N(Cc4ccccc4)S(C)(=O)=O)cc3)cc2)c(C)c1. The Labute approximate surface area is 229 Å². The standard InChI is InChI=1S/C29H29N3O5S2/c1-21-9-18-28(22(2)19-21)31-39(36,37)27-16-12-25(13-17-27)30-29(33)24-10-14-26(15-11-24)32(38(3,34)35)20-23-7-5-4-6-8-23/h4-19,31H,20H2,1-3H3,(H,30,33). The molecule has 0 aliphatic heterocycles. The van der Waals surface area contributed by atoms with Crippen LogP contribution < -0.4 is 14.3 Å². The Hall–Kier alpha value is -4.15. The van der Waals surface area contributed by atoms with Gasteiger partial charge in [-0.2, -0.15) is 0 Å². The molecule has 0 saturated heterocycles. The van der Waals surface area contributed by atoms with Crippen LogP contribution in [0.25, 0.3) is 0 Å². The lowest BCUT2D eigenvalue weighted by atomic mass is 10.1. The fraction of sp³-hybridized carbons (Fsp3) is 0.138. The van der Waals surface area contributed by atoms with Crippen LogP contribution in [-0.2, 0) is 26.6 Å². The number of carbonyl (C=O) groups excluding carboxylic acids is 1. The molecule has 0 atom stereocenters. The Morgan fingerprint density at radius 2 is 1.44 bits per heavy atom. The summed E-state index contributed by atoms with van der Waals surface area (Å²) in [6.07, 6.45) is 1.14. The van der Waals surface area contributed by atoms with Gasteiger partial charge in [0.05, 0.1) is 29.1 Å². The number of benzene rings is 4. The van der Waals surface area contributed by atoms with Crippen molar-refractivity contribution in [3.05, 3.63) is 119 Å². The first kappa shape index (κ1) is 27.9. The van der Waals surface area contributed by atoms with Gasteiger partial charge >= 0.3 is 0 Å². The molecule has 4 rings (SSSR count). The van der Waals surface area contributed by atoms with E-state index in [9.17, 15) is 21.6 Å². The van der Waals surface area contributed by atoms with Crippen molar-refractivity contribution < 1.29 is 21.6 Å². The third-order valence-electron chi connectivity index (χ3n) is 6.04. The third kappa shape index (κ3) is 7.04. The lowest BCUT2D eigenvalue weighted by molar-refractivity contribution is 0.102. The van der Waals surface area contributed by atoms with Crippen molar-refractivity contribution in [1.29, 1.82) is 0 Å². The zero-order valence-corrected chi connectivity index (χ0v) is 23.4. The zero-order valence-electron chi connectivity index (χ0n) is 21.7. The van der Waals surface area contributed by atoms with E-state index in [-0.39, 0.29) is 11.4 Å². The first-order chi connectivity index (χ1) is 18.4.